The first-order valence-electron chi connectivity index (χ1n) is 5.12. The van der Waals surface area contributed by atoms with E-state index in [-0.39, 0.29) is 12.4 Å². The molecule has 2 rings (SSSR count). The maximum absolute atomic E-state index is 8.42. The van der Waals surface area contributed by atoms with Gasteiger partial charge in [0.25, 0.3) is 0 Å². The molecule has 1 aliphatic heterocycles. The highest BCUT2D eigenvalue weighted by atomic mass is 16.7. The van der Waals surface area contributed by atoms with Crippen molar-refractivity contribution >= 4 is 5.84 Å². The Balaban J connectivity index is 2.18. The molecule has 0 fully saturated rings. The van der Waals surface area contributed by atoms with Crippen molar-refractivity contribution in [2.45, 2.75) is 19.6 Å². The molecule has 0 radical (unpaired) electrons. The van der Waals surface area contributed by atoms with Gasteiger partial charge in [-0.2, -0.15) is 0 Å². The van der Waals surface area contributed by atoms with E-state index in [2.05, 4.69) is 5.16 Å². The summed E-state index contributed by atoms with van der Waals surface area (Å²) in [6.07, 6.45) is 0. The van der Waals surface area contributed by atoms with Crippen LogP contribution in [0.2, 0.25) is 0 Å². The summed E-state index contributed by atoms with van der Waals surface area (Å²) in [5.41, 5.74) is 5.32. The highest BCUT2D eigenvalue weighted by molar-refractivity contribution is 5.81. The highest BCUT2D eigenvalue weighted by Gasteiger charge is 2.34. The topological polar surface area (TPSA) is 86.3 Å². The van der Waals surface area contributed by atoms with Crippen molar-refractivity contribution in [3.8, 4) is 17.2 Å². The van der Waals surface area contributed by atoms with Gasteiger partial charge in [-0.05, 0) is 12.1 Å². The third kappa shape index (κ3) is 2.35. The fourth-order valence-electron chi connectivity index (χ4n) is 1.50. The smallest absolute Gasteiger partial charge is 0.246 e. The van der Waals surface area contributed by atoms with Crippen LogP contribution >= 0.6 is 0 Å². The SMILES string of the molecule is CC1(C)Oc2cccc(OC/C(N)=N/O)c2O1. The molecule has 0 saturated heterocycles. The molecule has 0 amide bonds. The van der Waals surface area contributed by atoms with Crippen molar-refractivity contribution in [3.63, 3.8) is 0 Å². The Bertz CT molecular complexity index is 457. The van der Waals surface area contributed by atoms with E-state index in [0.29, 0.717) is 17.2 Å². The molecule has 0 saturated carbocycles. The monoisotopic (exact) mass is 238 g/mol. The largest absolute Gasteiger partial charge is 0.482 e. The summed E-state index contributed by atoms with van der Waals surface area (Å²) < 4.78 is 16.5. The standard InChI is InChI=1S/C11H14N2O4/c1-11(2)16-8-5-3-4-7(10(8)17-11)15-6-9(12)13-14/h3-5,14H,6H2,1-2H3,(H2,12,13). The average Bonchev–Trinajstić information content (AvgIpc) is 2.60. The fourth-order valence-corrected chi connectivity index (χ4v) is 1.50. The van der Waals surface area contributed by atoms with E-state index in [1.165, 1.54) is 0 Å². The van der Waals surface area contributed by atoms with Crippen LogP contribution < -0.4 is 19.9 Å². The van der Waals surface area contributed by atoms with Crippen LogP contribution in [0.1, 0.15) is 13.8 Å². The number of para-hydroxylation sites is 1. The third-order valence-corrected chi connectivity index (χ3v) is 2.15. The number of ether oxygens (including phenoxy) is 3. The molecule has 1 aliphatic rings. The number of fused-ring (bicyclic) bond motifs is 1. The molecular formula is C11H14N2O4. The van der Waals surface area contributed by atoms with E-state index in [4.69, 9.17) is 25.2 Å². The normalized spacial score (nSPS) is 16.9. The van der Waals surface area contributed by atoms with Gasteiger partial charge in [0.15, 0.2) is 17.3 Å². The number of hydrogen-bond acceptors (Lipinski definition) is 5. The highest BCUT2D eigenvalue weighted by Crippen LogP contribution is 2.45. The van der Waals surface area contributed by atoms with Gasteiger partial charge in [0, 0.05) is 13.8 Å². The molecule has 3 N–H and O–H groups in total. The molecule has 0 spiro atoms. The number of amidine groups is 1. The molecule has 92 valence electrons. The molecule has 1 heterocycles. The molecule has 1 aromatic carbocycles. The first-order valence-corrected chi connectivity index (χ1v) is 5.12. The molecule has 0 unspecified atom stereocenters. The molecular weight excluding hydrogens is 224 g/mol. The van der Waals surface area contributed by atoms with E-state index in [0.717, 1.165) is 0 Å². The van der Waals surface area contributed by atoms with Crippen LogP contribution in [-0.2, 0) is 0 Å². The predicted octanol–water partition coefficient (Wildman–Crippen LogP) is 1.32. The molecule has 0 atom stereocenters. The van der Waals surface area contributed by atoms with Crippen LogP contribution in [-0.4, -0.2) is 23.4 Å². The lowest BCUT2D eigenvalue weighted by Gasteiger charge is -2.16. The summed E-state index contributed by atoms with van der Waals surface area (Å²) >= 11 is 0. The van der Waals surface area contributed by atoms with Crippen LogP contribution in [0.4, 0.5) is 0 Å². The van der Waals surface area contributed by atoms with E-state index < -0.39 is 5.79 Å². The first kappa shape index (κ1) is 11.4. The Morgan fingerprint density at radius 2 is 2.24 bits per heavy atom. The lowest BCUT2D eigenvalue weighted by Crippen LogP contribution is -2.29. The third-order valence-electron chi connectivity index (χ3n) is 2.15. The lowest BCUT2D eigenvalue weighted by molar-refractivity contribution is -0.0440. The van der Waals surface area contributed by atoms with Gasteiger partial charge in [0.1, 0.15) is 6.61 Å². The molecule has 1 aromatic rings. The number of oxime groups is 1. The Hall–Kier alpha value is -2.11. The summed E-state index contributed by atoms with van der Waals surface area (Å²) in [5.74, 6) is 0.925. The van der Waals surface area contributed by atoms with E-state index in [1.807, 2.05) is 0 Å². The minimum Gasteiger partial charge on any atom is -0.482 e. The molecule has 6 nitrogen and oxygen atoms in total. The maximum atomic E-state index is 8.42. The van der Waals surface area contributed by atoms with Gasteiger partial charge in [-0.25, -0.2) is 0 Å². The molecule has 0 bridgehead atoms. The van der Waals surface area contributed by atoms with Gasteiger partial charge in [-0.3, -0.25) is 0 Å². The van der Waals surface area contributed by atoms with Crippen molar-refractivity contribution in [2.24, 2.45) is 10.9 Å². The predicted molar refractivity (Wildman–Crippen MR) is 60.7 cm³/mol. The minimum atomic E-state index is -0.710. The van der Waals surface area contributed by atoms with Crippen molar-refractivity contribution in [2.75, 3.05) is 6.61 Å². The van der Waals surface area contributed by atoms with E-state index in [9.17, 15) is 0 Å². The summed E-state index contributed by atoms with van der Waals surface area (Å²) in [6.45, 7) is 3.59. The Kier molecular flexibility index (Phi) is 2.71. The van der Waals surface area contributed by atoms with Crippen LogP contribution in [0.25, 0.3) is 0 Å². The number of benzene rings is 1. The molecule has 0 aromatic heterocycles. The van der Waals surface area contributed by atoms with E-state index >= 15 is 0 Å². The van der Waals surface area contributed by atoms with Crippen molar-refractivity contribution in [1.29, 1.82) is 0 Å². The Labute approximate surface area is 98.6 Å². The number of hydrogen-bond donors (Lipinski definition) is 2. The first-order chi connectivity index (χ1) is 8.02. The molecule has 6 heteroatoms. The van der Waals surface area contributed by atoms with Gasteiger partial charge >= 0.3 is 0 Å². The summed E-state index contributed by atoms with van der Waals surface area (Å²) in [6, 6.07) is 5.31. The summed E-state index contributed by atoms with van der Waals surface area (Å²) in [7, 11) is 0. The quantitative estimate of drug-likeness (QED) is 0.359. The van der Waals surface area contributed by atoms with Crippen molar-refractivity contribution < 1.29 is 19.4 Å². The van der Waals surface area contributed by atoms with Crippen LogP contribution in [0, 0.1) is 0 Å². The number of rotatable bonds is 3. The van der Waals surface area contributed by atoms with Crippen LogP contribution in [0.3, 0.4) is 0 Å². The van der Waals surface area contributed by atoms with E-state index in [1.54, 1.807) is 32.0 Å². The Morgan fingerprint density at radius 1 is 1.47 bits per heavy atom. The zero-order valence-corrected chi connectivity index (χ0v) is 9.64. The lowest BCUT2D eigenvalue weighted by atomic mass is 10.3. The van der Waals surface area contributed by atoms with Crippen molar-refractivity contribution in [1.82, 2.24) is 0 Å². The fraction of sp³-hybridized carbons (Fsp3) is 0.364. The van der Waals surface area contributed by atoms with Crippen LogP contribution in [0.15, 0.2) is 23.4 Å². The Morgan fingerprint density at radius 3 is 2.94 bits per heavy atom. The second-order valence-corrected chi connectivity index (χ2v) is 4.07. The summed E-state index contributed by atoms with van der Waals surface area (Å²) in [4.78, 5) is 0. The number of nitrogens with zero attached hydrogens (tertiary/aromatic N) is 1. The van der Waals surface area contributed by atoms with Gasteiger partial charge in [-0.15, -0.1) is 0 Å². The average molecular weight is 238 g/mol. The maximum Gasteiger partial charge on any atom is 0.246 e. The van der Waals surface area contributed by atoms with Gasteiger partial charge in [0.05, 0.1) is 0 Å². The van der Waals surface area contributed by atoms with Gasteiger partial charge in [-0.1, -0.05) is 11.2 Å². The van der Waals surface area contributed by atoms with Crippen LogP contribution in [0.5, 0.6) is 17.2 Å². The second-order valence-electron chi connectivity index (χ2n) is 4.07. The van der Waals surface area contributed by atoms with Gasteiger partial charge in [0.2, 0.25) is 11.5 Å². The second kappa shape index (κ2) is 4.04. The number of nitrogens with two attached hydrogens (primary N) is 1. The summed E-state index contributed by atoms with van der Waals surface area (Å²) in [5, 5.41) is 11.2. The minimum absolute atomic E-state index is 0.0132. The zero-order valence-electron chi connectivity index (χ0n) is 9.64. The molecule has 0 aliphatic carbocycles. The van der Waals surface area contributed by atoms with Gasteiger partial charge < -0.3 is 25.2 Å². The zero-order chi connectivity index (χ0) is 12.5. The molecule has 17 heavy (non-hydrogen) atoms. The van der Waals surface area contributed by atoms with Crippen molar-refractivity contribution in [3.05, 3.63) is 18.2 Å².